The summed E-state index contributed by atoms with van der Waals surface area (Å²) in [7, 11) is 0. The van der Waals surface area contributed by atoms with Crippen molar-refractivity contribution in [1.29, 1.82) is 0 Å². The summed E-state index contributed by atoms with van der Waals surface area (Å²) in [6, 6.07) is 12.2. The summed E-state index contributed by atoms with van der Waals surface area (Å²) in [5.74, 6) is -0.244. The molecule has 0 saturated heterocycles. The lowest BCUT2D eigenvalue weighted by Crippen LogP contribution is -2.28. The van der Waals surface area contributed by atoms with Gasteiger partial charge in [0.15, 0.2) is 5.16 Å². The lowest BCUT2D eigenvalue weighted by molar-refractivity contribution is -0.137. The quantitative estimate of drug-likeness (QED) is 0.594. The van der Waals surface area contributed by atoms with E-state index in [0.29, 0.717) is 10.7 Å². The number of carbonyl (C=O) groups is 1. The number of rotatable bonds is 6. The molecule has 0 saturated carbocycles. The van der Waals surface area contributed by atoms with E-state index < -0.39 is 17.8 Å². The summed E-state index contributed by atoms with van der Waals surface area (Å²) in [4.78, 5) is 12.3. The van der Waals surface area contributed by atoms with E-state index in [1.165, 1.54) is 17.8 Å². The number of benzene rings is 2. The Balaban J connectivity index is 1.61. The highest BCUT2D eigenvalue weighted by molar-refractivity contribution is 7.99. The minimum Gasteiger partial charge on any atom is -0.349 e. The number of alkyl halides is 3. The van der Waals surface area contributed by atoms with Gasteiger partial charge in [-0.1, -0.05) is 41.6 Å². The van der Waals surface area contributed by atoms with Gasteiger partial charge in [-0.15, -0.1) is 10.2 Å². The highest BCUT2D eigenvalue weighted by atomic mass is 32.2. The van der Waals surface area contributed by atoms with Gasteiger partial charge < -0.3 is 5.32 Å². The molecule has 1 unspecified atom stereocenters. The van der Waals surface area contributed by atoms with Crippen molar-refractivity contribution in [3.63, 3.8) is 0 Å². The SMILES string of the molecule is Cc1ccc(-n2cnnc2SCC(=O)NC(C)c2cccc(C(F)(F)F)c2)cc1. The molecular formula is C20H19F3N4OS. The molecule has 0 bridgehead atoms. The summed E-state index contributed by atoms with van der Waals surface area (Å²) in [5, 5.41) is 11.2. The lowest BCUT2D eigenvalue weighted by atomic mass is 10.0. The Morgan fingerprint density at radius 1 is 1.21 bits per heavy atom. The normalized spacial score (nSPS) is 12.6. The average molecular weight is 420 g/mol. The molecule has 0 fully saturated rings. The first kappa shape index (κ1) is 20.9. The van der Waals surface area contributed by atoms with E-state index in [1.807, 2.05) is 31.2 Å². The van der Waals surface area contributed by atoms with E-state index in [4.69, 9.17) is 0 Å². The first-order valence-corrected chi connectivity index (χ1v) is 9.79. The Kier molecular flexibility index (Phi) is 6.26. The van der Waals surface area contributed by atoms with Crippen LogP contribution in [0.2, 0.25) is 0 Å². The van der Waals surface area contributed by atoms with Gasteiger partial charge in [0.05, 0.1) is 17.4 Å². The Hall–Kier alpha value is -2.81. The van der Waals surface area contributed by atoms with Crippen molar-refractivity contribution >= 4 is 17.7 Å². The van der Waals surface area contributed by atoms with Gasteiger partial charge in [-0.2, -0.15) is 13.2 Å². The Bertz CT molecular complexity index is 986. The predicted molar refractivity (Wildman–Crippen MR) is 105 cm³/mol. The van der Waals surface area contributed by atoms with Crippen LogP contribution in [0.3, 0.4) is 0 Å². The summed E-state index contributed by atoms with van der Waals surface area (Å²) < 4.78 is 40.4. The van der Waals surface area contributed by atoms with Crippen molar-refractivity contribution in [3.8, 4) is 5.69 Å². The molecule has 1 N–H and O–H groups in total. The standard InChI is InChI=1S/C20H19F3N4OS/c1-13-6-8-17(9-7-13)27-12-24-26-19(27)29-11-18(28)25-14(2)15-4-3-5-16(10-15)20(21,22)23/h3-10,12,14H,11H2,1-2H3,(H,25,28). The average Bonchev–Trinajstić information content (AvgIpc) is 3.15. The van der Waals surface area contributed by atoms with Crippen LogP contribution in [0.25, 0.3) is 5.69 Å². The van der Waals surface area contributed by atoms with Gasteiger partial charge in [-0.05, 0) is 43.7 Å². The van der Waals surface area contributed by atoms with Crippen LogP contribution in [0.5, 0.6) is 0 Å². The first-order valence-electron chi connectivity index (χ1n) is 8.80. The lowest BCUT2D eigenvalue weighted by Gasteiger charge is -2.16. The van der Waals surface area contributed by atoms with Crippen LogP contribution in [0, 0.1) is 6.92 Å². The highest BCUT2D eigenvalue weighted by Gasteiger charge is 2.30. The first-order chi connectivity index (χ1) is 13.7. The molecule has 0 aliphatic heterocycles. The fraction of sp³-hybridized carbons (Fsp3) is 0.250. The van der Waals surface area contributed by atoms with E-state index in [0.717, 1.165) is 23.4 Å². The zero-order chi connectivity index (χ0) is 21.0. The van der Waals surface area contributed by atoms with Crippen molar-refractivity contribution in [2.75, 3.05) is 5.75 Å². The monoisotopic (exact) mass is 420 g/mol. The van der Waals surface area contributed by atoms with Crippen LogP contribution in [0.15, 0.2) is 60.0 Å². The summed E-state index contributed by atoms with van der Waals surface area (Å²) in [5.41, 5.74) is 1.65. The predicted octanol–water partition coefficient (Wildman–Crippen LogP) is 4.56. The number of halogens is 3. The number of aromatic nitrogens is 3. The van der Waals surface area contributed by atoms with Crippen molar-refractivity contribution in [1.82, 2.24) is 20.1 Å². The number of hydrogen-bond donors (Lipinski definition) is 1. The molecule has 0 aliphatic carbocycles. The molecule has 0 aliphatic rings. The number of hydrogen-bond acceptors (Lipinski definition) is 4. The molecule has 1 atom stereocenters. The van der Waals surface area contributed by atoms with Crippen LogP contribution < -0.4 is 5.32 Å². The number of aryl methyl sites for hydroxylation is 1. The van der Waals surface area contributed by atoms with Crippen molar-refractivity contribution < 1.29 is 18.0 Å². The second-order valence-corrected chi connectivity index (χ2v) is 7.46. The molecule has 0 radical (unpaired) electrons. The number of nitrogens with zero attached hydrogens (tertiary/aromatic N) is 3. The zero-order valence-electron chi connectivity index (χ0n) is 15.8. The third-order valence-electron chi connectivity index (χ3n) is 4.25. The summed E-state index contributed by atoms with van der Waals surface area (Å²) >= 11 is 1.20. The largest absolute Gasteiger partial charge is 0.416 e. The van der Waals surface area contributed by atoms with Gasteiger partial charge >= 0.3 is 6.18 Å². The third kappa shape index (κ3) is 5.38. The van der Waals surface area contributed by atoms with Gasteiger partial charge in [-0.3, -0.25) is 9.36 Å². The topological polar surface area (TPSA) is 59.8 Å². The second-order valence-electron chi connectivity index (χ2n) is 6.52. The molecule has 1 amide bonds. The molecule has 2 aromatic carbocycles. The molecule has 3 aromatic rings. The van der Waals surface area contributed by atoms with Crippen LogP contribution >= 0.6 is 11.8 Å². The number of carbonyl (C=O) groups excluding carboxylic acids is 1. The summed E-state index contributed by atoms with van der Waals surface area (Å²) in [6.07, 6.45) is -2.86. The zero-order valence-corrected chi connectivity index (χ0v) is 16.6. The van der Waals surface area contributed by atoms with Crippen LogP contribution in [-0.4, -0.2) is 26.4 Å². The Morgan fingerprint density at radius 3 is 2.62 bits per heavy atom. The fourth-order valence-corrected chi connectivity index (χ4v) is 3.43. The van der Waals surface area contributed by atoms with Crippen LogP contribution in [-0.2, 0) is 11.0 Å². The van der Waals surface area contributed by atoms with Crippen LogP contribution in [0.4, 0.5) is 13.2 Å². The van der Waals surface area contributed by atoms with Crippen LogP contribution in [0.1, 0.15) is 29.7 Å². The van der Waals surface area contributed by atoms with Crippen molar-refractivity contribution in [3.05, 3.63) is 71.5 Å². The van der Waals surface area contributed by atoms with E-state index in [-0.39, 0.29) is 11.7 Å². The molecule has 0 spiro atoms. The fourth-order valence-electron chi connectivity index (χ4n) is 2.69. The number of amides is 1. The molecule has 5 nitrogen and oxygen atoms in total. The van der Waals surface area contributed by atoms with Crippen molar-refractivity contribution in [2.45, 2.75) is 31.2 Å². The van der Waals surface area contributed by atoms with Gasteiger partial charge in [0, 0.05) is 5.69 Å². The molecular weight excluding hydrogens is 401 g/mol. The highest BCUT2D eigenvalue weighted by Crippen LogP contribution is 2.30. The number of nitrogens with one attached hydrogen (secondary N) is 1. The Morgan fingerprint density at radius 2 is 1.93 bits per heavy atom. The molecule has 9 heteroatoms. The van der Waals surface area contributed by atoms with Crippen molar-refractivity contribution in [2.24, 2.45) is 0 Å². The maximum atomic E-state index is 12.9. The third-order valence-corrected chi connectivity index (χ3v) is 5.20. The van der Waals surface area contributed by atoms with E-state index >= 15 is 0 Å². The minimum absolute atomic E-state index is 0.0633. The van der Waals surface area contributed by atoms with E-state index in [2.05, 4.69) is 15.5 Å². The van der Waals surface area contributed by atoms with Gasteiger partial charge in [0.1, 0.15) is 6.33 Å². The number of thioether (sulfide) groups is 1. The molecule has 1 heterocycles. The smallest absolute Gasteiger partial charge is 0.349 e. The van der Waals surface area contributed by atoms with Gasteiger partial charge in [0.2, 0.25) is 5.91 Å². The van der Waals surface area contributed by atoms with Gasteiger partial charge in [0.25, 0.3) is 0 Å². The minimum atomic E-state index is -4.42. The molecule has 29 heavy (non-hydrogen) atoms. The van der Waals surface area contributed by atoms with E-state index in [1.54, 1.807) is 23.9 Å². The van der Waals surface area contributed by atoms with Gasteiger partial charge in [-0.25, -0.2) is 0 Å². The second kappa shape index (κ2) is 8.69. The maximum absolute atomic E-state index is 12.9. The molecule has 3 rings (SSSR count). The molecule has 152 valence electrons. The van der Waals surface area contributed by atoms with E-state index in [9.17, 15) is 18.0 Å². The molecule has 1 aromatic heterocycles. The maximum Gasteiger partial charge on any atom is 0.416 e. The Labute approximate surface area is 170 Å². The summed E-state index contributed by atoms with van der Waals surface area (Å²) in [6.45, 7) is 3.63.